The lowest BCUT2D eigenvalue weighted by Gasteiger charge is -2.35. The van der Waals surface area contributed by atoms with Gasteiger partial charge in [0.15, 0.2) is 0 Å². The second-order valence-corrected chi connectivity index (χ2v) is 4.85. The van der Waals surface area contributed by atoms with Crippen molar-refractivity contribution in [3.8, 4) is 6.07 Å². The number of amides is 3. The molecule has 0 aromatic rings. The third kappa shape index (κ3) is 1.56. The van der Waals surface area contributed by atoms with Crippen molar-refractivity contribution >= 4 is 11.9 Å². The monoisotopic (exact) mass is 209 g/mol. The summed E-state index contributed by atoms with van der Waals surface area (Å²) < 4.78 is 0. The molecule has 1 heterocycles. The fourth-order valence-electron chi connectivity index (χ4n) is 1.42. The Morgan fingerprint density at radius 1 is 1.47 bits per heavy atom. The first-order valence-electron chi connectivity index (χ1n) is 4.75. The van der Waals surface area contributed by atoms with Gasteiger partial charge in [0, 0.05) is 0 Å². The van der Waals surface area contributed by atoms with E-state index in [1.807, 2.05) is 20.8 Å². The molecule has 0 radical (unpaired) electrons. The average molecular weight is 209 g/mol. The summed E-state index contributed by atoms with van der Waals surface area (Å²) in [6, 6.07) is 1.32. The SMILES string of the molecule is CC(C)(C)C1(C)NC(=O)N(CC#N)C1=O. The predicted molar refractivity (Wildman–Crippen MR) is 53.7 cm³/mol. The highest BCUT2D eigenvalue weighted by Crippen LogP contribution is 2.35. The number of urea groups is 1. The van der Waals surface area contributed by atoms with E-state index in [1.165, 1.54) is 0 Å². The minimum Gasteiger partial charge on any atom is -0.323 e. The minimum atomic E-state index is -0.930. The number of rotatable bonds is 1. The first kappa shape index (κ1) is 11.5. The number of nitriles is 1. The molecule has 5 nitrogen and oxygen atoms in total. The van der Waals surface area contributed by atoms with Crippen LogP contribution < -0.4 is 5.32 Å². The molecule has 0 aromatic carbocycles. The van der Waals surface area contributed by atoms with Crippen LogP contribution in [0.2, 0.25) is 0 Å². The highest BCUT2D eigenvalue weighted by Gasteiger charge is 2.54. The number of carbonyl (C=O) groups excluding carboxylic acids is 2. The Kier molecular flexibility index (Phi) is 2.48. The van der Waals surface area contributed by atoms with E-state index in [-0.39, 0.29) is 17.9 Å². The Hall–Kier alpha value is -1.57. The van der Waals surface area contributed by atoms with Crippen molar-refractivity contribution < 1.29 is 9.59 Å². The van der Waals surface area contributed by atoms with Gasteiger partial charge in [-0.15, -0.1) is 0 Å². The van der Waals surface area contributed by atoms with Crippen molar-refractivity contribution in [2.45, 2.75) is 33.2 Å². The summed E-state index contributed by atoms with van der Waals surface area (Å²) in [4.78, 5) is 24.4. The van der Waals surface area contributed by atoms with Gasteiger partial charge in [-0.25, -0.2) is 9.69 Å². The molecular weight excluding hydrogens is 194 g/mol. The molecule has 0 saturated carbocycles. The quantitative estimate of drug-likeness (QED) is 0.514. The van der Waals surface area contributed by atoms with Gasteiger partial charge in [-0.2, -0.15) is 5.26 Å². The number of imide groups is 1. The molecule has 1 aliphatic heterocycles. The molecule has 1 rings (SSSR count). The van der Waals surface area contributed by atoms with Crippen LogP contribution in [0.4, 0.5) is 4.79 Å². The van der Waals surface area contributed by atoms with Crippen LogP contribution in [0.5, 0.6) is 0 Å². The van der Waals surface area contributed by atoms with Gasteiger partial charge in [-0.1, -0.05) is 20.8 Å². The average Bonchev–Trinajstić information content (AvgIpc) is 2.29. The van der Waals surface area contributed by atoms with Gasteiger partial charge in [0.1, 0.15) is 12.1 Å². The van der Waals surface area contributed by atoms with E-state index >= 15 is 0 Å². The zero-order chi connectivity index (χ0) is 11.9. The zero-order valence-corrected chi connectivity index (χ0v) is 9.42. The summed E-state index contributed by atoms with van der Waals surface area (Å²) in [7, 11) is 0. The van der Waals surface area contributed by atoms with E-state index in [1.54, 1.807) is 13.0 Å². The maximum atomic E-state index is 12.0. The highest BCUT2D eigenvalue weighted by molar-refractivity contribution is 6.07. The predicted octanol–water partition coefficient (Wildman–Crippen LogP) is 0.867. The van der Waals surface area contributed by atoms with Gasteiger partial charge in [0.05, 0.1) is 6.07 Å². The van der Waals surface area contributed by atoms with Crippen LogP contribution in [0.1, 0.15) is 27.7 Å². The fraction of sp³-hybridized carbons (Fsp3) is 0.700. The Balaban J connectivity index is 3.06. The van der Waals surface area contributed by atoms with E-state index in [0.717, 1.165) is 4.90 Å². The van der Waals surface area contributed by atoms with Crippen LogP contribution >= 0.6 is 0 Å². The molecule has 1 atom stereocenters. The second-order valence-electron chi connectivity index (χ2n) is 4.85. The molecule has 1 fully saturated rings. The Morgan fingerprint density at radius 2 is 2.00 bits per heavy atom. The molecule has 5 heteroatoms. The van der Waals surface area contributed by atoms with Crippen LogP contribution in [0.25, 0.3) is 0 Å². The lowest BCUT2D eigenvalue weighted by atomic mass is 9.75. The lowest BCUT2D eigenvalue weighted by molar-refractivity contribution is -0.133. The molecule has 82 valence electrons. The van der Waals surface area contributed by atoms with Crippen molar-refractivity contribution in [1.29, 1.82) is 5.26 Å². The number of hydrogen-bond donors (Lipinski definition) is 1. The van der Waals surface area contributed by atoms with E-state index < -0.39 is 11.6 Å². The fourth-order valence-corrected chi connectivity index (χ4v) is 1.42. The first-order chi connectivity index (χ1) is 6.74. The summed E-state index contributed by atoms with van der Waals surface area (Å²) in [5.74, 6) is -0.332. The second kappa shape index (κ2) is 3.23. The normalized spacial score (nSPS) is 26.5. The van der Waals surface area contributed by atoms with Gasteiger partial charge >= 0.3 is 6.03 Å². The van der Waals surface area contributed by atoms with Crippen molar-refractivity contribution in [2.24, 2.45) is 5.41 Å². The van der Waals surface area contributed by atoms with Crippen LogP contribution in [0.3, 0.4) is 0 Å². The van der Waals surface area contributed by atoms with Crippen molar-refractivity contribution in [1.82, 2.24) is 10.2 Å². The Bertz CT molecular complexity index is 351. The van der Waals surface area contributed by atoms with Gasteiger partial charge in [-0.05, 0) is 12.3 Å². The van der Waals surface area contributed by atoms with Crippen molar-refractivity contribution in [3.63, 3.8) is 0 Å². The maximum Gasteiger partial charge on any atom is 0.325 e. The van der Waals surface area contributed by atoms with Crippen LogP contribution in [0.15, 0.2) is 0 Å². The van der Waals surface area contributed by atoms with Crippen LogP contribution in [-0.4, -0.2) is 28.9 Å². The first-order valence-corrected chi connectivity index (χ1v) is 4.75. The number of nitrogens with one attached hydrogen (secondary N) is 1. The molecule has 1 N–H and O–H groups in total. The largest absolute Gasteiger partial charge is 0.325 e. The van der Waals surface area contributed by atoms with E-state index in [4.69, 9.17) is 5.26 Å². The molecule has 3 amide bonds. The summed E-state index contributed by atoms with van der Waals surface area (Å²) in [6.45, 7) is 7.12. The van der Waals surface area contributed by atoms with Crippen molar-refractivity contribution in [3.05, 3.63) is 0 Å². The summed E-state index contributed by atoms with van der Waals surface area (Å²) in [5.41, 5.74) is -1.31. The third-order valence-corrected chi connectivity index (χ3v) is 3.00. The molecule has 0 bridgehead atoms. The molecule has 0 aliphatic carbocycles. The Labute approximate surface area is 89.0 Å². The smallest absolute Gasteiger partial charge is 0.323 e. The molecule has 1 saturated heterocycles. The third-order valence-electron chi connectivity index (χ3n) is 3.00. The number of hydrogen-bond acceptors (Lipinski definition) is 3. The van der Waals surface area contributed by atoms with Gasteiger partial charge < -0.3 is 5.32 Å². The van der Waals surface area contributed by atoms with Gasteiger partial charge in [-0.3, -0.25) is 4.79 Å². The standard InChI is InChI=1S/C10H15N3O2/c1-9(2,3)10(4)7(14)13(6-5-11)8(15)12-10/h6H2,1-4H3,(H,12,15). The van der Waals surface area contributed by atoms with E-state index in [2.05, 4.69) is 5.32 Å². The number of nitrogens with zero attached hydrogens (tertiary/aromatic N) is 2. The molecule has 0 spiro atoms. The lowest BCUT2D eigenvalue weighted by Crippen LogP contribution is -2.54. The minimum absolute atomic E-state index is 0.198. The molecular formula is C10H15N3O2. The van der Waals surface area contributed by atoms with Crippen molar-refractivity contribution in [2.75, 3.05) is 6.54 Å². The maximum absolute atomic E-state index is 12.0. The summed E-state index contributed by atoms with van der Waals surface area (Å²) in [6.07, 6.45) is 0. The molecule has 1 unspecified atom stereocenters. The van der Waals surface area contributed by atoms with E-state index in [0.29, 0.717) is 0 Å². The summed E-state index contributed by atoms with van der Waals surface area (Å²) >= 11 is 0. The number of carbonyl (C=O) groups is 2. The molecule has 0 aromatic heterocycles. The highest BCUT2D eigenvalue weighted by atomic mass is 16.2. The van der Waals surface area contributed by atoms with Gasteiger partial charge in [0.25, 0.3) is 5.91 Å². The summed E-state index contributed by atoms with van der Waals surface area (Å²) in [5, 5.41) is 11.2. The zero-order valence-electron chi connectivity index (χ0n) is 9.42. The molecule has 15 heavy (non-hydrogen) atoms. The van der Waals surface area contributed by atoms with Crippen LogP contribution in [0, 0.1) is 16.7 Å². The molecule has 1 aliphatic rings. The van der Waals surface area contributed by atoms with Gasteiger partial charge in [0.2, 0.25) is 0 Å². The Morgan fingerprint density at radius 3 is 2.33 bits per heavy atom. The van der Waals surface area contributed by atoms with Crippen LogP contribution in [-0.2, 0) is 4.79 Å². The van der Waals surface area contributed by atoms with E-state index in [9.17, 15) is 9.59 Å². The topological polar surface area (TPSA) is 73.2 Å².